The molecule has 0 saturated carbocycles. The lowest BCUT2D eigenvalue weighted by Crippen LogP contribution is -2.44. The average Bonchev–Trinajstić information content (AvgIpc) is 3.12. The van der Waals surface area contributed by atoms with Crippen molar-refractivity contribution in [3.05, 3.63) is 48.2 Å². The van der Waals surface area contributed by atoms with E-state index >= 15 is 0 Å². The molecule has 1 aliphatic rings. The lowest BCUT2D eigenvalue weighted by Gasteiger charge is -2.34. The van der Waals surface area contributed by atoms with Crippen LogP contribution in [0.15, 0.2) is 42.6 Å². The summed E-state index contributed by atoms with van der Waals surface area (Å²) in [6, 6.07) is 11.9. The number of anilines is 1. The number of piperazine rings is 1. The highest BCUT2D eigenvalue weighted by atomic mass is 16.1. The molecule has 3 aromatic heterocycles. The van der Waals surface area contributed by atoms with Crippen LogP contribution in [0.2, 0.25) is 0 Å². The first-order valence-corrected chi connectivity index (χ1v) is 9.52. The quantitative estimate of drug-likeness (QED) is 0.582. The number of para-hydroxylation sites is 2. The molecule has 28 heavy (non-hydrogen) atoms. The fourth-order valence-corrected chi connectivity index (χ4v) is 4.02. The molecule has 1 aliphatic heterocycles. The number of nitrogens with zero attached hydrogens (tertiary/aromatic N) is 5. The van der Waals surface area contributed by atoms with Gasteiger partial charge >= 0.3 is 0 Å². The summed E-state index contributed by atoms with van der Waals surface area (Å²) in [5.41, 5.74) is 4.95. The first kappa shape index (κ1) is 16.9. The van der Waals surface area contributed by atoms with Gasteiger partial charge in [-0.2, -0.15) is 0 Å². The minimum Gasteiger partial charge on any atom is -0.368 e. The van der Waals surface area contributed by atoms with E-state index in [0.29, 0.717) is 11.2 Å². The van der Waals surface area contributed by atoms with Crippen molar-refractivity contribution in [2.24, 2.45) is 0 Å². The van der Waals surface area contributed by atoms with Gasteiger partial charge in [0.2, 0.25) is 0 Å². The van der Waals surface area contributed by atoms with Crippen molar-refractivity contribution in [2.75, 3.05) is 45.2 Å². The van der Waals surface area contributed by atoms with Crippen LogP contribution in [-0.2, 0) is 0 Å². The Bertz CT molecular complexity index is 1210. The predicted octanol–water partition coefficient (Wildman–Crippen LogP) is 2.15. The average molecular weight is 374 g/mol. The van der Waals surface area contributed by atoms with Crippen molar-refractivity contribution in [1.82, 2.24) is 24.6 Å². The number of hydrogen-bond donors (Lipinski definition) is 1. The normalized spacial score (nSPS) is 15.6. The summed E-state index contributed by atoms with van der Waals surface area (Å²) in [6.45, 7) is 3.94. The number of hydrogen-bond acceptors (Lipinski definition) is 5. The highest BCUT2D eigenvalue weighted by Gasteiger charge is 2.22. The van der Waals surface area contributed by atoms with Gasteiger partial charge in [0.15, 0.2) is 5.65 Å². The maximum Gasteiger partial charge on any atom is 0.254 e. The number of aromatic nitrogens is 3. The summed E-state index contributed by atoms with van der Waals surface area (Å²) < 4.78 is 2.01. The highest BCUT2D eigenvalue weighted by molar-refractivity contribution is 6.07. The van der Waals surface area contributed by atoms with Gasteiger partial charge in [-0.15, -0.1) is 0 Å². The molecule has 4 heterocycles. The second kappa shape index (κ2) is 6.45. The van der Waals surface area contributed by atoms with Gasteiger partial charge in [0.05, 0.1) is 16.6 Å². The third-order valence-electron chi connectivity index (χ3n) is 5.56. The number of carbonyl (C=O) groups excluding carboxylic acids is 1. The van der Waals surface area contributed by atoms with E-state index in [1.165, 1.54) is 0 Å². The predicted molar refractivity (Wildman–Crippen MR) is 111 cm³/mol. The van der Waals surface area contributed by atoms with E-state index in [2.05, 4.69) is 27.1 Å². The third kappa shape index (κ3) is 2.51. The van der Waals surface area contributed by atoms with Gasteiger partial charge < -0.3 is 15.1 Å². The Hall–Kier alpha value is -3.19. The minimum atomic E-state index is -0.143. The molecule has 0 spiro atoms. The van der Waals surface area contributed by atoms with Crippen LogP contribution in [0.25, 0.3) is 27.7 Å². The number of benzene rings is 1. The third-order valence-corrected chi connectivity index (χ3v) is 5.56. The smallest absolute Gasteiger partial charge is 0.254 e. The van der Waals surface area contributed by atoms with Crippen LogP contribution >= 0.6 is 0 Å². The standard InChI is InChI=1S/C21H22N6O/c1-22-21(28)15-13-14-17(26-11-9-25(2)10-12-26)7-8-23-19(14)27-18-6-4-3-5-16(18)24-20(15)27/h3-8,13H,9-12H2,1-2H3,(H,22,28). The first-order chi connectivity index (χ1) is 13.7. The molecule has 0 radical (unpaired) electrons. The maximum absolute atomic E-state index is 12.7. The van der Waals surface area contributed by atoms with Gasteiger partial charge in [-0.3, -0.25) is 9.20 Å². The molecule has 5 rings (SSSR count). The largest absolute Gasteiger partial charge is 0.368 e. The lowest BCUT2D eigenvalue weighted by molar-refractivity contribution is 0.0964. The number of carbonyl (C=O) groups is 1. The lowest BCUT2D eigenvalue weighted by atomic mass is 10.1. The van der Waals surface area contributed by atoms with Crippen LogP contribution in [0.5, 0.6) is 0 Å². The Labute approximate surface area is 162 Å². The summed E-state index contributed by atoms with van der Waals surface area (Å²) in [4.78, 5) is 26.8. The topological polar surface area (TPSA) is 65.8 Å². The van der Waals surface area contributed by atoms with Gasteiger partial charge in [-0.25, -0.2) is 9.97 Å². The number of likely N-dealkylation sites (N-methyl/N-ethyl adjacent to an activating group) is 1. The molecule has 7 nitrogen and oxygen atoms in total. The second-order valence-electron chi connectivity index (χ2n) is 7.25. The SMILES string of the molecule is CNC(=O)c1cc2c(N3CCN(C)CC3)ccnc2n2c1nc1ccccc12. The van der Waals surface area contributed by atoms with E-state index in [1.807, 2.05) is 47.0 Å². The molecular formula is C21H22N6O. The van der Waals surface area contributed by atoms with Crippen LogP contribution in [0, 0.1) is 0 Å². The first-order valence-electron chi connectivity index (χ1n) is 9.52. The van der Waals surface area contributed by atoms with Crippen molar-refractivity contribution in [1.29, 1.82) is 0 Å². The fourth-order valence-electron chi connectivity index (χ4n) is 4.02. The molecular weight excluding hydrogens is 352 g/mol. The molecule has 0 unspecified atom stereocenters. The second-order valence-corrected chi connectivity index (χ2v) is 7.25. The number of rotatable bonds is 2. The molecule has 1 N–H and O–H groups in total. The molecule has 4 aromatic rings. The number of amides is 1. The molecule has 1 amide bonds. The fraction of sp³-hybridized carbons (Fsp3) is 0.286. The van der Waals surface area contributed by atoms with E-state index in [9.17, 15) is 4.79 Å². The Balaban J connectivity index is 1.85. The summed E-state index contributed by atoms with van der Waals surface area (Å²) >= 11 is 0. The van der Waals surface area contributed by atoms with E-state index < -0.39 is 0 Å². The van der Waals surface area contributed by atoms with Crippen molar-refractivity contribution in [3.63, 3.8) is 0 Å². The Morgan fingerprint density at radius 2 is 1.86 bits per heavy atom. The molecule has 0 atom stereocenters. The molecule has 7 heteroatoms. The van der Waals surface area contributed by atoms with Crippen molar-refractivity contribution in [2.45, 2.75) is 0 Å². The van der Waals surface area contributed by atoms with Gasteiger partial charge in [0.25, 0.3) is 5.91 Å². The zero-order chi connectivity index (χ0) is 19.3. The molecule has 1 fully saturated rings. The Morgan fingerprint density at radius 3 is 2.64 bits per heavy atom. The van der Waals surface area contributed by atoms with Crippen LogP contribution in [0.1, 0.15) is 10.4 Å². The van der Waals surface area contributed by atoms with E-state index in [0.717, 1.165) is 53.9 Å². The molecule has 1 aromatic carbocycles. The number of imidazole rings is 1. The van der Waals surface area contributed by atoms with Gasteiger partial charge in [-0.05, 0) is 31.3 Å². The zero-order valence-corrected chi connectivity index (χ0v) is 16.0. The molecule has 142 valence electrons. The number of fused-ring (bicyclic) bond motifs is 5. The Morgan fingerprint density at radius 1 is 1.07 bits per heavy atom. The van der Waals surface area contributed by atoms with Gasteiger partial charge in [0.1, 0.15) is 5.65 Å². The number of pyridine rings is 2. The van der Waals surface area contributed by atoms with E-state index in [4.69, 9.17) is 4.98 Å². The number of nitrogens with one attached hydrogen (secondary N) is 1. The van der Waals surface area contributed by atoms with Crippen LogP contribution in [0.3, 0.4) is 0 Å². The Kier molecular flexibility index (Phi) is 3.91. The minimum absolute atomic E-state index is 0.143. The van der Waals surface area contributed by atoms with Crippen LogP contribution in [-0.4, -0.2) is 65.5 Å². The van der Waals surface area contributed by atoms with E-state index in [1.54, 1.807) is 7.05 Å². The summed E-state index contributed by atoms with van der Waals surface area (Å²) in [5, 5.41) is 3.73. The van der Waals surface area contributed by atoms with Crippen molar-refractivity contribution >= 4 is 39.3 Å². The maximum atomic E-state index is 12.7. The zero-order valence-electron chi connectivity index (χ0n) is 16.0. The van der Waals surface area contributed by atoms with Gasteiger partial charge in [0, 0.05) is 50.5 Å². The molecule has 0 bridgehead atoms. The molecule has 0 aliphatic carbocycles. The monoisotopic (exact) mass is 374 g/mol. The van der Waals surface area contributed by atoms with Gasteiger partial charge in [-0.1, -0.05) is 12.1 Å². The van der Waals surface area contributed by atoms with Crippen LogP contribution < -0.4 is 10.2 Å². The summed E-state index contributed by atoms with van der Waals surface area (Å²) in [7, 11) is 3.79. The molecule has 1 saturated heterocycles. The van der Waals surface area contributed by atoms with Crippen molar-refractivity contribution in [3.8, 4) is 0 Å². The van der Waals surface area contributed by atoms with Crippen LogP contribution in [0.4, 0.5) is 5.69 Å². The van der Waals surface area contributed by atoms with Crippen molar-refractivity contribution < 1.29 is 4.79 Å². The summed E-state index contributed by atoms with van der Waals surface area (Å²) in [5.74, 6) is -0.143. The summed E-state index contributed by atoms with van der Waals surface area (Å²) in [6.07, 6.45) is 1.85. The highest BCUT2D eigenvalue weighted by Crippen LogP contribution is 2.31. The van der Waals surface area contributed by atoms with E-state index in [-0.39, 0.29) is 5.91 Å².